The van der Waals surface area contributed by atoms with Gasteiger partial charge in [-0.3, -0.25) is 4.79 Å². The van der Waals surface area contributed by atoms with E-state index in [1.165, 1.54) is 12.1 Å². The number of alkyl halides is 3. The van der Waals surface area contributed by atoms with Gasteiger partial charge in [-0.05, 0) is 51.3 Å². The molecule has 1 amide bonds. The number of amides is 1. The largest absolute Gasteiger partial charge is 0.534 e. The minimum atomic E-state index is -5.77. The third-order valence-electron chi connectivity index (χ3n) is 3.37. The van der Waals surface area contributed by atoms with Crippen molar-refractivity contribution in [1.82, 2.24) is 5.32 Å². The fourth-order valence-electron chi connectivity index (χ4n) is 2.07. The number of ether oxygens (including phenoxy) is 1. The summed E-state index contributed by atoms with van der Waals surface area (Å²) < 4.78 is 67.9. The molecule has 8 nitrogen and oxygen atoms in total. The standard InChI is InChI=1S/C17H22F3NO7S/c1-16(2,3)27-15(24)21-13(14(23)10-22)9-6-11-4-7-12(8-5-11)28-29(25,26)17(18,19)20/h4-5,7-8,13,22H,6,9-10H2,1-3H3,(H,21,24)/t13-/m0/s1. The molecule has 0 heterocycles. The third kappa shape index (κ3) is 8.28. The van der Waals surface area contributed by atoms with Gasteiger partial charge in [0.05, 0.1) is 6.04 Å². The number of benzene rings is 1. The van der Waals surface area contributed by atoms with Crippen LogP contribution in [0.1, 0.15) is 32.8 Å². The van der Waals surface area contributed by atoms with Crippen LogP contribution < -0.4 is 9.50 Å². The monoisotopic (exact) mass is 441 g/mol. The van der Waals surface area contributed by atoms with Gasteiger partial charge in [0.1, 0.15) is 18.0 Å². The first-order chi connectivity index (χ1) is 13.1. The molecule has 0 aliphatic heterocycles. The van der Waals surface area contributed by atoms with Crippen LogP contribution in [0.5, 0.6) is 5.75 Å². The number of hydrogen-bond acceptors (Lipinski definition) is 7. The van der Waals surface area contributed by atoms with Crippen molar-refractivity contribution in [3.63, 3.8) is 0 Å². The summed E-state index contributed by atoms with van der Waals surface area (Å²) in [6.07, 6.45) is -0.580. The third-order valence-corrected chi connectivity index (χ3v) is 4.35. The molecule has 0 saturated heterocycles. The molecule has 1 rings (SSSR count). The topological polar surface area (TPSA) is 119 Å². The average Bonchev–Trinajstić information content (AvgIpc) is 2.56. The molecule has 12 heteroatoms. The Balaban J connectivity index is 2.75. The quantitative estimate of drug-likeness (QED) is 0.469. The normalized spacial score (nSPS) is 13.5. The van der Waals surface area contributed by atoms with Gasteiger partial charge in [0, 0.05) is 0 Å². The summed E-state index contributed by atoms with van der Waals surface area (Å²) in [7, 11) is -5.77. The van der Waals surface area contributed by atoms with Crippen molar-refractivity contribution in [3.8, 4) is 5.75 Å². The van der Waals surface area contributed by atoms with E-state index in [-0.39, 0.29) is 12.8 Å². The van der Waals surface area contributed by atoms with Crippen LogP contribution in [-0.2, 0) is 26.1 Å². The number of carbonyl (C=O) groups is 2. The molecular weight excluding hydrogens is 419 g/mol. The van der Waals surface area contributed by atoms with E-state index in [2.05, 4.69) is 9.50 Å². The van der Waals surface area contributed by atoms with E-state index in [0.717, 1.165) is 12.1 Å². The molecule has 0 bridgehead atoms. The second kappa shape index (κ2) is 9.44. The molecular formula is C17H22F3NO7S. The number of ketones is 1. The average molecular weight is 441 g/mol. The first-order valence-corrected chi connectivity index (χ1v) is 9.78. The van der Waals surface area contributed by atoms with E-state index >= 15 is 0 Å². The molecule has 0 fully saturated rings. The molecule has 0 saturated carbocycles. The van der Waals surface area contributed by atoms with Gasteiger partial charge < -0.3 is 19.3 Å². The van der Waals surface area contributed by atoms with Gasteiger partial charge in [-0.25, -0.2) is 4.79 Å². The summed E-state index contributed by atoms with van der Waals surface area (Å²) in [5, 5.41) is 11.4. The van der Waals surface area contributed by atoms with Crippen LogP contribution in [0.25, 0.3) is 0 Å². The highest BCUT2D eigenvalue weighted by Gasteiger charge is 2.48. The summed E-state index contributed by atoms with van der Waals surface area (Å²) in [6, 6.07) is 3.65. The van der Waals surface area contributed by atoms with E-state index < -0.39 is 51.5 Å². The Bertz CT molecular complexity index is 815. The summed E-state index contributed by atoms with van der Waals surface area (Å²) >= 11 is 0. The molecule has 0 spiro atoms. The summed E-state index contributed by atoms with van der Waals surface area (Å²) in [5.41, 5.74) is -5.80. The van der Waals surface area contributed by atoms with E-state index in [1.807, 2.05) is 0 Å². The maximum Gasteiger partial charge on any atom is 0.534 e. The lowest BCUT2D eigenvalue weighted by Gasteiger charge is -2.23. The van der Waals surface area contributed by atoms with E-state index in [0.29, 0.717) is 5.56 Å². The molecule has 1 atom stereocenters. The van der Waals surface area contributed by atoms with E-state index in [4.69, 9.17) is 9.84 Å². The predicted molar refractivity (Wildman–Crippen MR) is 95.6 cm³/mol. The Morgan fingerprint density at radius 3 is 2.14 bits per heavy atom. The molecule has 164 valence electrons. The number of aliphatic hydroxyl groups is 1. The number of Topliss-reactive ketones (excluding diaryl/α,β-unsaturated/α-hetero) is 1. The maximum atomic E-state index is 12.3. The van der Waals surface area contributed by atoms with Crippen molar-refractivity contribution in [2.75, 3.05) is 6.61 Å². The molecule has 0 aromatic heterocycles. The number of aliphatic hydroxyl groups excluding tert-OH is 1. The Kier molecular flexibility index (Phi) is 8.04. The van der Waals surface area contributed by atoms with Gasteiger partial charge in [0.15, 0.2) is 5.78 Å². The molecule has 0 aliphatic rings. The predicted octanol–water partition coefficient (Wildman–Crippen LogP) is 2.30. The molecule has 0 aliphatic carbocycles. The van der Waals surface area contributed by atoms with E-state index in [9.17, 15) is 31.2 Å². The fourth-order valence-corrected chi connectivity index (χ4v) is 2.53. The van der Waals surface area contributed by atoms with Crippen LogP contribution in [0.15, 0.2) is 24.3 Å². The number of rotatable bonds is 8. The minimum absolute atomic E-state index is 0.0691. The zero-order valence-electron chi connectivity index (χ0n) is 15.9. The Labute approximate surface area is 166 Å². The van der Waals surface area contributed by atoms with Crippen molar-refractivity contribution in [3.05, 3.63) is 29.8 Å². The van der Waals surface area contributed by atoms with Crippen LogP contribution in [-0.4, -0.2) is 49.2 Å². The number of hydrogen-bond donors (Lipinski definition) is 2. The highest BCUT2D eigenvalue weighted by atomic mass is 32.2. The lowest BCUT2D eigenvalue weighted by atomic mass is 10.0. The highest BCUT2D eigenvalue weighted by Crippen LogP contribution is 2.27. The zero-order chi connectivity index (χ0) is 22.5. The summed E-state index contributed by atoms with van der Waals surface area (Å²) in [5.74, 6) is -1.17. The fraction of sp³-hybridized carbons (Fsp3) is 0.529. The Hall–Kier alpha value is -2.34. The van der Waals surface area contributed by atoms with Gasteiger partial charge in [0.25, 0.3) is 0 Å². The number of halogens is 3. The SMILES string of the molecule is CC(C)(C)OC(=O)N[C@@H](CCc1ccc(OS(=O)(=O)C(F)(F)F)cc1)C(=O)CO. The first kappa shape index (κ1) is 24.7. The van der Waals surface area contributed by atoms with Crippen molar-refractivity contribution in [1.29, 1.82) is 0 Å². The van der Waals surface area contributed by atoms with E-state index in [1.54, 1.807) is 20.8 Å². The van der Waals surface area contributed by atoms with Gasteiger partial charge >= 0.3 is 21.7 Å². The van der Waals surface area contributed by atoms with Crippen LogP contribution in [0.2, 0.25) is 0 Å². The smallest absolute Gasteiger partial charge is 0.444 e. The van der Waals surface area contributed by atoms with Gasteiger partial charge in [-0.2, -0.15) is 21.6 Å². The number of nitrogens with one attached hydrogen (secondary N) is 1. The van der Waals surface area contributed by atoms with Gasteiger partial charge in [0.2, 0.25) is 0 Å². The van der Waals surface area contributed by atoms with Crippen molar-refractivity contribution >= 4 is 22.0 Å². The van der Waals surface area contributed by atoms with Gasteiger partial charge in [-0.1, -0.05) is 12.1 Å². The number of carbonyl (C=O) groups excluding carboxylic acids is 2. The molecule has 0 unspecified atom stereocenters. The lowest BCUT2D eigenvalue weighted by Crippen LogP contribution is -2.44. The van der Waals surface area contributed by atoms with Crippen molar-refractivity contribution in [2.45, 2.75) is 50.8 Å². The summed E-state index contributed by atoms with van der Waals surface area (Å²) in [4.78, 5) is 23.7. The van der Waals surface area contributed by atoms with Gasteiger partial charge in [-0.15, -0.1) is 0 Å². The summed E-state index contributed by atoms with van der Waals surface area (Å²) in [6.45, 7) is 4.11. The van der Waals surface area contributed by atoms with Crippen LogP contribution in [0.3, 0.4) is 0 Å². The first-order valence-electron chi connectivity index (χ1n) is 8.37. The Morgan fingerprint density at radius 1 is 1.14 bits per heavy atom. The lowest BCUT2D eigenvalue weighted by molar-refractivity contribution is -0.124. The van der Waals surface area contributed by atoms with Crippen LogP contribution >= 0.6 is 0 Å². The number of alkyl carbamates (subject to hydrolysis) is 1. The highest BCUT2D eigenvalue weighted by molar-refractivity contribution is 7.88. The zero-order valence-corrected chi connectivity index (χ0v) is 16.8. The van der Waals surface area contributed by atoms with Crippen molar-refractivity contribution < 1.29 is 45.2 Å². The second-order valence-corrected chi connectivity index (χ2v) is 8.53. The molecule has 29 heavy (non-hydrogen) atoms. The minimum Gasteiger partial charge on any atom is -0.444 e. The van der Waals surface area contributed by atoms with Crippen LogP contribution in [0.4, 0.5) is 18.0 Å². The molecule has 0 radical (unpaired) electrons. The Morgan fingerprint density at radius 2 is 1.69 bits per heavy atom. The molecule has 1 aromatic rings. The van der Waals surface area contributed by atoms with Crippen molar-refractivity contribution in [2.24, 2.45) is 0 Å². The number of aryl methyl sites for hydroxylation is 1. The van der Waals surface area contributed by atoms with Crippen LogP contribution in [0, 0.1) is 0 Å². The molecule has 1 aromatic carbocycles. The second-order valence-electron chi connectivity index (χ2n) is 6.99. The maximum absolute atomic E-state index is 12.3. The molecule has 2 N–H and O–H groups in total.